The summed E-state index contributed by atoms with van der Waals surface area (Å²) in [5.74, 6) is 0. The molecule has 1 aliphatic rings. The van der Waals surface area contributed by atoms with E-state index >= 15 is 0 Å². The normalized spacial score (nSPS) is 14.4. The third kappa shape index (κ3) is 4.28. The zero-order valence-electron chi connectivity index (χ0n) is 19.8. The number of rotatable bonds is 5. The molecule has 1 saturated heterocycles. The number of likely N-dealkylation sites (N-methyl/N-ethyl adjacent to an activating group) is 1. The molecule has 1 aliphatic heterocycles. The highest BCUT2D eigenvalue weighted by atomic mass is 16.6. The number of nitrogens with zero attached hydrogens (tertiary/aromatic N) is 5. The Kier molecular flexibility index (Phi) is 6.05. The van der Waals surface area contributed by atoms with Gasteiger partial charge in [0.25, 0.3) is 11.2 Å². The molecule has 0 spiro atoms. The van der Waals surface area contributed by atoms with E-state index < -0.39 is 4.92 Å². The second kappa shape index (κ2) is 9.31. The molecule has 2 heterocycles. The molecule has 0 unspecified atom stereocenters. The maximum absolute atomic E-state index is 13.7. The molecular formula is C27H27N5O3. The van der Waals surface area contributed by atoms with E-state index in [-0.39, 0.29) is 11.2 Å². The molecule has 5 rings (SSSR count). The topological polar surface area (TPSA) is 84.5 Å². The van der Waals surface area contributed by atoms with Crippen molar-refractivity contribution in [1.82, 2.24) is 14.7 Å². The van der Waals surface area contributed by atoms with Crippen LogP contribution in [0.1, 0.15) is 12.5 Å². The van der Waals surface area contributed by atoms with Crippen molar-refractivity contribution in [3.8, 4) is 16.9 Å². The maximum atomic E-state index is 13.7. The van der Waals surface area contributed by atoms with Crippen molar-refractivity contribution >= 4 is 22.1 Å². The van der Waals surface area contributed by atoms with Crippen LogP contribution in [0.3, 0.4) is 0 Å². The number of non-ortho nitro benzene ring substituents is 1. The molecule has 178 valence electrons. The largest absolute Gasteiger partial charge is 0.367 e. The lowest BCUT2D eigenvalue weighted by Gasteiger charge is -2.35. The number of aromatic nitrogens is 2. The summed E-state index contributed by atoms with van der Waals surface area (Å²) >= 11 is 0. The quantitative estimate of drug-likeness (QED) is 0.321. The Balaban J connectivity index is 1.76. The van der Waals surface area contributed by atoms with Gasteiger partial charge in [-0.2, -0.15) is 9.78 Å². The van der Waals surface area contributed by atoms with Gasteiger partial charge in [-0.05, 0) is 31.2 Å². The monoisotopic (exact) mass is 469 g/mol. The van der Waals surface area contributed by atoms with Gasteiger partial charge >= 0.3 is 0 Å². The third-order valence-corrected chi connectivity index (χ3v) is 6.68. The van der Waals surface area contributed by atoms with Gasteiger partial charge in [-0.15, -0.1) is 0 Å². The van der Waals surface area contributed by atoms with Gasteiger partial charge in [-0.1, -0.05) is 49.4 Å². The van der Waals surface area contributed by atoms with Gasteiger partial charge in [0, 0.05) is 49.3 Å². The van der Waals surface area contributed by atoms with Gasteiger partial charge in [-0.3, -0.25) is 14.9 Å². The smallest absolute Gasteiger partial charge is 0.279 e. The summed E-state index contributed by atoms with van der Waals surface area (Å²) in [5.41, 5.74) is 3.57. The second-order valence-corrected chi connectivity index (χ2v) is 8.88. The van der Waals surface area contributed by atoms with E-state index in [1.165, 1.54) is 22.4 Å². The Morgan fingerprint density at radius 1 is 0.914 bits per heavy atom. The molecule has 0 N–H and O–H groups in total. The number of piperazine rings is 1. The fourth-order valence-electron chi connectivity index (χ4n) is 4.57. The van der Waals surface area contributed by atoms with Crippen LogP contribution in [0, 0.1) is 10.1 Å². The number of hydrogen-bond donors (Lipinski definition) is 0. The van der Waals surface area contributed by atoms with Crippen molar-refractivity contribution in [2.45, 2.75) is 13.3 Å². The van der Waals surface area contributed by atoms with E-state index in [1.54, 1.807) is 12.1 Å². The van der Waals surface area contributed by atoms with Gasteiger partial charge in [-0.25, -0.2) is 0 Å². The Hall–Kier alpha value is -4.04. The minimum Gasteiger partial charge on any atom is -0.367 e. The Bertz CT molecular complexity index is 1450. The van der Waals surface area contributed by atoms with Crippen molar-refractivity contribution in [2.75, 3.05) is 38.1 Å². The molecule has 1 fully saturated rings. The van der Waals surface area contributed by atoms with E-state index in [1.807, 2.05) is 30.3 Å². The highest BCUT2D eigenvalue weighted by Crippen LogP contribution is 2.31. The molecule has 3 aromatic carbocycles. The first-order chi connectivity index (χ1) is 17.0. The lowest BCUT2D eigenvalue weighted by atomic mass is 10.0. The molecule has 8 heteroatoms. The minimum atomic E-state index is -0.437. The van der Waals surface area contributed by atoms with Crippen LogP contribution >= 0.6 is 0 Å². The van der Waals surface area contributed by atoms with Crippen LogP contribution in [-0.2, 0) is 6.42 Å². The van der Waals surface area contributed by atoms with Crippen molar-refractivity contribution in [1.29, 1.82) is 0 Å². The summed E-state index contributed by atoms with van der Waals surface area (Å²) in [6.45, 7) is 5.35. The van der Waals surface area contributed by atoms with Crippen LogP contribution < -0.4 is 10.5 Å². The summed E-state index contributed by atoms with van der Waals surface area (Å²) in [6, 6.07) is 20.2. The zero-order valence-corrected chi connectivity index (χ0v) is 19.8. The van der Waals surface area contributed by atoms with Gasteiger partial charge in [0.05, 0.1) is 27.4 Å². The Labute approximate surface area is 203 Å². The van der Waals surface area contributed by atoms with E-state index in [4.69, 9.17) is 5.10 Å². The van der Waals surface area contributed by atoms with Crippen LogP contribution in [0.5, 0.6) is 0 Å². The SMILES string of the molecule is CCc1ccc(-c2nn(-c3cc([N+](=O)[O-])ccc3N3CCN(C)CC3)c(=O)c3ccccc23)cc1. The molecule has 35 heavy (non-hydrogen) atoms. The van der Waals surface area contributed by atoms with Crippen molar-refractivity contribution in [2.24, 2.45) is 0 Å². The molecule has 0 bridgehead atoms. The molecular weight excluding hydrogens is 442 g/mol. The van der Waals surface area contributed by atoms with Crippen LogP contribution in [-0.4, -0.2) is 52.8 Å². The maximum Gasteiger partial charge on any atom is 0.279 e. The van der Waals surface area contributed by atoms with Gasteiger partial charge in [0.1, 0.15) is 0 Å². The van der Waals surface area contributed by atoms with E-state index in [2.05, 4.69) is 35.9 Å². The number of nitro groups is 1. The predicted molar refractivity (Wildman–Crippen MR) is 139 cm³/mol. The van der Waals surface area contributed by atoms with Gasteiger partial charge < -0.3 is 9.80 Å². The van der Waals surface area contributed by atoms with Crippen LogP contribution in [0.25, 0.3) is 27.7 Å². The number of fused-ring (bicyclic) bond motifs is 1. The highest BCUT2D eigenvalue weighted by Gasteiger charge is 2.23. The molecule has 0 atom stereocenters. The lowest BCUT2D eigenvalue weighted by Crippen LogP contribution is -2.45. The summed E-state index contributed by atoms with van der Waals surface area (Å²) in [7, 11) is 2.07. The first-order valence-corrected chi connectivity index (χ1v) is 11.8. The van der Waals surface area contributed by atoms with Gasteiger partial charge in [0.2, 0.25) is 0 Å². The first kappa shape index (κ1) is 22.7. The van der Waals surface area contributed by atoms with E-state index in [0.29, 0.717) is 16.8 Å². The summed E-state index contributed by atoms with van der Waals surface area (Å²) in [5, 5.41) is 17.7. The fourth-order valence-corrected chi connectivity index (χ4v) is 4.57. The van der Waals surface area contributed by atoms with Gasteiger partial charge in [0.15, 0.2) is 0 Å². The van der Waals surface area contributed by atoms with Crippen LogP contribution in [0.2, 0.25) is 0 Å². The lowest BCUT2D eigenvalue weighted by molar-refractivity contribution is -0.384. The number of anilines is 1. The van der Waals surface area contributed by atoms with Crippen molar-refractivity contribution < 1.29 is 4.92 Å². The number of hydrogen-bond acceptors (Lipinski definition) is 6. The average Bonchev–Trinajstić information content (AvgIpc) is 2.89. The first-order valence-electron chi connectivity index (χ1n) is 11.8. The predicted octanol–water partition coefficient (Wildman–Crippen LogP) is 4.28. The number of aryl methyl sites for hydroxylation is 1. The minimum absolute atomic E-state index is 0.0754. The zero-order chi connectivity index (χ0) is 24.5. The molecule has 0 amide bonds. The standard InChI is InChI=1S/C27H27N5O3/c1-3-19-8-10-20(11-9-19)26-22-6-4-5-7-23(22)27(33)31(28-26)25-18-21(32(34)35)12-13-24(25)30-16-14-29(2)15-17-30/h4-13,18H,3,14-17H2,1-2H3. The summed E-state index contributed by atoms with van der Waals surface area (Å²) in [6.07, 6.45) is 0.927. The third-order valence-electron chi connectivity index (χ3n) is 6.68. The van der Waals surface area contributed by atoms with Crippen molar-refractivity contribution in [3.05, 3.63) is 92.8 Å². The summed E-state index contributed by atoms with van der Waals surface area (Å²) < 4.78 is 1.34. The van der Waals surface area contributed by atoms with Crippen LogP contribution in [0.4, 0.5) is 11.4 Å². The van der Waals surface area contributed by atoms with Crippen LogP contribution in [0.15, 0.2) is 71.5 Å². The van der Waals surface area contributed by atoms with E-state index in [9.17, 15) is 14.9 Å². The molecule has 0 radical (unpaired) electrons. The Morgan fingerprint density at radius 3 is 2.26 bits per heavy atom. The molecule has 0 saturated carbocycles. The molecule has 8 nitrogen and oxygen atoms in total. The van der Waals surface area contributed by atoms with E-state index in [0.717, 1.165) is 49.2 Å². The molecule has 1 aromatic heterocycles. The highest BCUT2D eigenvalue weighted by molar-refractivity contribution is 5.94. The number of benzene rings is 3. The number of nitro benzene ring substituents is 1. The fraction of sp³-hybridized carbons (Fsp3) is 0.259. The second-order valence-electron chi connectivity index (χ2n) is 8.88. The molecule has 4 aromatic rings. The van der Waals surface area contributed by atoms with Crippen molar-refractivity contribution in [3.63, 3.8) is 0 Å². The Morgan fingerprint density at radius 2 is 1.60 bits per heavy atom. The summed E-state index contributed by atoms with van der Waals surface area (Å²) in [4.78, 5) is 29.3. The average molecular weight is 470 g/mol. The molecule has 0 aliphatic carbocycles.